The van der Waals surface area contributed by atoms with E-state index in [4.69, 9.17) is 4.74 Å². The molecule has 1 aromatic rings. The third kappa shape index (κ3) is 4.85. The second-order valence-electron chi connectivity index (χ2n) is 4.47. The van der Waals surface area contributed by atoms with Crippen molar-refractivity contribution >= 4 is 11.6 Å². The first-order valence-electron chi connectivity index (χ1n) is 6.32. The van der Waals surface area contributed by atoms with Gasteiger partial charge in [-0.15, -0.1) is 0 Å². The molecule has 0 saturated carbocycles. The Bertz CT molecular complexity index is 458. The average Bonchev–Trinajstić information content (AvgIpc) is 2.36. The van der Waals surface area contributed by atoms with Gasteiger partial charge in [-0.2, -0.15) is 13.2 Å². The van der Waals surface area contributed by atoms with Crippen LogP contribution in [0.4, 0.5) is 18.9 Å². The Morgan fingerprint density at radius 2 is 2.00 bits per heavy atom. The number of amides is 1. The van der Waals surface area contributed by atoms with E-state index >= 15 is 0 Å². The fourth-order valence-electron chi connectivity index (χ4n) is 1.82. The van der Waals surface area contributed by atoms with Gasteiger partial charge in [0.2, 0.25) is 5.91 Å². The summed E-state index contributed by atoms with van der Waals surface area (Å²) in [7, 11) is 1.58. The van der Waals surface area contributed by atoms with Crippen molar-refractivity contribution < 1.29 is 22.7 Å². The number of halogens is 3. The van der Waals surface area contributed by atoms with Gasteiger partial charge in [-0.1, -0.05) is 6.07 Å². The van der Waals surface area contributed by atoms with Gasteiger partial charge in [0.05, 0.1) is 5.56 Å². The van der Waals surface area contributed by atoms with E-state index in [1.807, 2.05) is 0 Å². The summed E-state index contributed by atoms with van der Waals surface area (Å²) in [5.41, 5.74) is -0.489. The molecule has 0 atom stereocenters. The molecule has 0 unspecified atom stereocenters. The minimum atomic E-state index is -4.41. The summed E-state index contributed by atoms with van der Waals surface area (Å²) in [6, 6.07) is 3.76. The highest BCUT2D eigenvalue weighted by atomic mass is 19.4. The average molecular weight is 289 g/mol. The molecule has 20 heavy (non-hydrogen) atoms. The molecule has 1 aromatic carbocycles. The van der Waals surface area contributed by atoms with Crippen molar-refractivity contribution in [3.8, 4) is 0 Å². The third-order valence-electron chi connectivity index (χ3n) is 2.92. The molecular weight excluding hydrogens is 271 g/mol. The van der Waals surface area contributed by atoms with Crippen LogP contribution in [-0.2, 0) is 15.7 Å². The second kappa shape index (κ2) is 7.28. The number of carbonyl (C=O) groups is 1. The summed E-state index contributed by atoms with van der Waals surface area (Å²) in [4.78, 5) is 11.7. The van der Waals surface area contributed by atoms with Crippen LogP contribution in [0.3, 0.4) is 0 Å². The Hall–Kier alpha value is -1.56. The van der Waals surface area contributed by atoms with Gasteiger partial charge < -0.3 is 10.1 Å². The van der Waals surface area contributed by atoms with Crippen LogP contribution >= 0.6 is 0 Å². The molecule has 0 bridgehead atoms. The van der Waals surface area contributed by atoms with Crippen LogP contribution in [-0.4, -0.2) is 19.6 Å². The van der Waals surface area contributed by atoms with Crippen molar-refractivity contribution in [2.75, 3.05) is 19.0 Å². The Balaban J connectivity index is 2.66. The summed E-state index contributed by atoms with van der Waals surface area (Å²) >= 11 is 0. The number of benzene rings is 1. The van der Waals surface area contributed by atoms with Gasteiger partial charge in [0.1, 0.15) is 0 Å². The van der Waals surface area contributed by atoms with Gasteiger partial charge >= 0.3 is 6.18 Å². The number of rotatable bonds is 6. The highest BCUT2D eigenvalue weighted by Gasteiger charge is 2.32. The zero-order valence-corrected chi connectivity index (χ0v) is 11.5. The van der Waals surface area contributed by atoms with E-state index in [-0.39, 0.29) is 23.6 Å². The largest absolute Gasteiger partial charge is 0.416 e. The molecule has 1 rings (SSSR count). The first kappa shape index (κ1) is 16.5. The lowest BCUT2D eigenvalue weighted by Gasteiger charge is -2.14. The summed E-state index contributed by atoms with van der Waals surface area (Å²) in [6.45, 7) is 1.92. The topological polar surface area (TPSA) is 38.3 Å². The van der Waals surface area contributed by atoms with Crippen LogP contribution in [0.1, 0.15) is 30.4 Å². The molecule has 0 spiro atoms. The number of hydrogen-bond acceptors (Lipinski definition) is 2. The van der Waals surface area contributed by atoms with Crippen molar-refractivity contribution in [3.05, 3.63) is 29.3 Å². The van der Waals surface area contributed by atoms with Gasteiger partial charge in [0.15, 0.2) is 0 Å². The minimum Gasteiger partial charge on any atom is -0.385 e. The molecule has 0 aromatic heterocycles. The molecular formula is C14H18F3NO2. The van der Waals surface area contributed by atoms with E-state index in [1.165, 1.54) is 19.1 Å². The molecule has 0 aliphatic heterocycles. The van der Waals surface area contributed by atoms with Gasteiger partial charge in [0.25, 0.3) is 0 Å². The lowest BCUT2D eigenvalue weighted by molar-refractivity contribution is -0.138. The predicted molar refractivity (Wildman–Crippen MR) is 70.5 cm³/mol. The fourth-order valence-corrected chi connectivity index (χ4v) is 1.82. The SMILES string of the molecule is COCCCCC(=O)Nc1cccc(C(F)(F)F)c1C. The van der Waals surface area contributed by atoms with Crippen LogP contribution in [0.5, 0.6) is 0 Å². The first-order valence-corrected chi connectivity index (χ1v) is 6.32. The van der Waals surface area contributed by atoms with Crippen molar-refractivity contribution in [2.45, 2.75) is 32.4 Å². The molecule has 0 fully saturated rings. The standard InChI is InChI=1S/C14H18F3NO2/c1-10-11(14(15,16)17)6-5-7-12(10)18-13(19)8-3-4-9-20-2/h5-7H,3-4,8-9H2,1-2H3,(H,18,19). The van der Waals surface area contributed by atoms with Crippen LogP contribution in [0.2, 0.25) is 0 Å². The number of hydrogen-bond donors (Lipinski definition) is 1. The lowest BCUT2D eigenvalue weighted by Crippen LogP contribution is -2.15. The Labute approximate surface area is 116 Å². The lowest BCUT2D eigenvalue weighted by atomic mass is 10.1. The molecule has 0 aliphatic carbocycles. The number of carbonyl (C=O) groups excluding carboxylic acids is 1. The summed E-state index contributed by atoms with van der Waals surface area (Å²) in [5, 5.41) is 2.52. The normalized spacial score (nSPS) is 11.4. The molecule has 0 aliphatic rings. The highest BCUT2D eigenvalue weighted by Crippen LogP contribution is 2.34. The monoisotopic (exact) mass is 289 g/mol. The van der Waals surface area contributed by atoms with Crippen molar-refractivity contribution in [3.63, 3.8) is 0 Å². The first-order chi connectivity index (χ1) is 9.36. The number of unbranched alkanes of at least 4 members (excludes halogenated alkanes) is 1. The highest BCUT2D eigenvalue weighted by molar-refractivity contribution is 5.91. The number of alkyl halides is 3. The van der Waals surface area contributed by atoms with Crippen molar-refractivity contribution in [1.29, 1.82) is 0 Å². The van der Waals surface area contributed by atoms with E-state index in [2.05, 4.69) is 5.32 Å². The third-order valence-corrected chi connectivity index (χ3v) is 2.92. The molecule has 0 radical (unpaired) electrons. The molecule has 112 valence electrons. The van der Waals surface area contributed by atoms with E-state index in [9.17, 15) is 18.0 Å². The van der Waals surface area contributed by atoms with Gasteiger partial charge in [0, 0.05) is 25.8 Å². The fraction of sp³-hybridized carbons (Fsp3) is 0.500. The molecule has 6 heteroatoms. The van der Waals surface area contributed by atoms with E-state index in [0.29, 0.717) is 13.0 Å². The summed E-state index contributed by atoms with van der Waals surface area (Å²) in [5.74, 6) is -0.288. The van der Waals surface area contributed by atoms with Crippen LogP contribution < -0.4 is 5.32 Å². The number of nitrogens with one attached hydrogen (secondary N) is 1. The Morgan fingerprint density at radius 3 is 2.60 bits per heavy atom. The Morgan fingerprint density at radius 1 is 1.30 bits per heavy atom. The number of ether oxygens (including phenoxy) is 1. The predicted octanol–water partition coefficient (Wildman–Crippen LogP) is 3.77. The quantitative estimate of drug-likeness (QED) is 0.810. The van der Waals surface area contributed by atoms with Crippen molar-refractivity contribution in [2.24, 2.45) is 0 Å². The molecule has 3 nitrogen and oxygen atoms in total. The van der Waals surface area contributed by atoms with Crippen molar-refractivity contribution in [1.82, 2.24) is 0 Å². The number of anilines is 1. The zero-order chi connectivity index (χ0) is 15.2. The van der Waals surface area contributed by atoms with E-state index in [0.717, 1.165) is 12.5 Å². The zero-order valence-electron chi connectivity index (χ0n) is 11.5. The Kier molecular flexibility index (Phi) is 6.01. The van der Waals surface area contributed by atoms with Gasteiger partial charge in [-0.05, 0) is 37.5 Å². The van der Waals surface area contributed by atoms with E-state index < -0.39 is 11.7 Å². The number of methoxy groups -OCH3 is 1. The summed E-state index contributed by atoms with van der Waals surface area (Å²) < 4.78 is 43.0. The molecule has 1 amide bonds. The molecule has 1 N–H and O–H groups in total. The van der Waals surface area contributed by atoms with Gasteiger partial charge in [-0.25, -0.2) is 0 Å². The van der Waals surface area contributed by atoms with Crippen LogP contribution in [0.15, 0.2) is 18.2 Å². The van der Waals surface area contributed by atoms with Crippen LogP contribution in [0.25, 0.3) is 0 Å². The van der Waals surface area contributed by atoms with E-state index in [1.54, 1.807) is 7.11 Å². The smallest absolute Gasteiger partial charge is 0.385 e. The second-order valence-corrected chi connectivity index (χ2v) is 4.47. The minimum absolute atomic E-state index is 0.0326. The summed E-state index contributed by atoms with van der Waals surface area (Å²) in [6.07, 6.45) is -2.77. The maximum Gasteiger partial charge on any atom is 0.416 e. The molecule has 0 saturated heterocycles. The maximum atomic E-state index is 12.7. The van der Waals surface area contributed by atoms with Gasteiger partial charge in [-0.3, -0.25) is 4.79 Å². The maximum absolute atomic E-state index is 12.7. The molecule has 0 heterocycles. The van der Waals surface area contributed by atoms with Crippen LogP contribution in [0, 0.1) is 6.92 Å².